The second-order valence-corrected chi connectivity index (χ2v) is 4.60. The SMILES string of the molecule is N#CCc1nc2ccccc2n1Cc1ccnc(C#N)c1. The van der Waals surface area contributed by atoms with E-state index in [-0.39, 0.29) is 6.42 Å². The van der Waals surface area contributed by atoms with Gasteiger partial charge in [0.15, 0.2) is 0 Å². The highest BCUT2D eigenvalue weighted by Gasteiger charge is 2.10. The Morgan fingerprint density at radius 1 is 1.14 bits per heavy atom. The largest absolute Gasteiger partial charge is 0.323 e. The molecule has 0 saturated heterocycles. The van der Waals surface area contributed by atoms with Crippen LogP contribution in [0, 0.1) is 22.7 Å². The summed E-state index contributed by atoms with van der Waals surface area (Å²) in [5, 5.41) is 17.9. The molecule has 0 aliphatic rings. The van der Waals surface area contributed by atoms with Crippen LogP contribution < -0.4 is 0 Å². The molecule has 0 N–H and O–H groups in total. The lowest BCUT2D eigenvalue weighted by Gasteiger charge is -2.07. The van der Waals surface area contributed by atoms with Crippen LogP contribution in [0.5, 0.6) is 0 Å². The van der Waals surface area contributed by atoms with Crippen molar-refractivity contribution in [2.45, 2.75) is 13.0 Å². The molecule has 2 heterocycles. The smallest absolute Gasteiger partial charge is 0.140 e. The third-order valence-corrected chi connectivity index (χ3v) is 3.25. The van der Waals surface area contributed by atoms with Crippen LogP contribution in [0.4, 0.5) is 0 Å². The van der Waals surface area contributed by atoms with E-state index in [0.29, 0.717) is 12.2 Å². The summed E-state index contributed by atoms with van der Waals surface area (Å²) in [4.78, 5) is 8.47. The van der Waals surface area contributed by atoms with Gasteiger partial charge in [-0.15, -0.1) is 0 Å². The van der Waals surface area contributed by atoms with E-state index < -0.39 is 0 Å². The summed E-state index contributed by atoms with van der Waals surface area (Å²) >= 11 is 0. The van der Waals surface area contributed by atoms with Crippen LogP contribution in [0.15, 0.2) is 42.6 Å². The predicted octanol–water partition coefficient (Wildman–Crippen LogP) is 2.42. The zero-order chi connectivity index (χ0) is 14.7. The Kier molecular flexibility index (Phi) is 3.32. The van der Waals surface area contributed by atoms with Gasteiger partial charge in [0, 0.05) is 12.7 Å². The van der Waals surface area contributed by atoms with E-state index >= 15 is 0 Å². The number of pyridine rings is 1. The van der Waals surface area contributed by atoms with Crippen molar-refractivity contribution >= 4 is 11.0 Å². The van der Waals surface area contributed by atoms with E-state index in [4.69, 9.17) is 10.5 Å². The van der Waals surface area contributed by atoms with Crippen LogP contribution in [0.1, 0.15) is 17.1 Å². The Morgan fingerprint density at radius 3 is 2.81 bits per heavy atom. The number of para-hydroxylation sites is 2. The number of nitrogens with zero attached hydrogens (tertiary/aromatic N) is 5. The highest BCUT2D eigenvalue weighted by atomic mass is 15.1. The number of nitriles is 2. The Hall–Kier alpha value is -3.18. The Labute approximate surface area is 121 Å². The molecule has 21 heavy (non-hydrogen) atoms. The molecule has 5 heteroatoms. The van der Waals surface area contributed by atoms with Gasteiger partial charge in [-0.05, 0) is 29.8 Å². The fraction of sp³-hybridized carbons (Fsp3) is 0.125. The minimum Gasteiger partial charge on any atom is -0.323 e. The van der Waals surface area contributed by atoms with Gasteiger partial charge in [0.05, 0.1) is 23.5 Å². The molecular weight excluding hydrogens is 262 g/mol. The molecule has 0 unspecified atom stereocenters. The molecule has 0 aliphatic carbocycles. The van der Waals surface area contributed by atoms with Gasteiger partial charge in [0.25, 0.3) is 0 Å². The first-order valence-electron chi connectivity index (χ1n) is 6.48. The summed E-state index contributed by atoms with van der Waals surface area (Å²) in [5.74, 6) is 0.731. The first-order chi connectivity index (χ1) is 10.3. The zero-order valence-corrected chi connectivity index (χ0v) is 11.2. The Morgan fingerprint density at radius 2 is 2.00 bits per heavy atom. The summed E-state index contributed by atoms with van der Waals surface area (Å²) in [5.41, 5.74) is 3.21. The quantitative estimate of drug-likeness (QED) is 0.734. The molecule has 5 nitrogen and oxygen atoms in total. The van der Waals surface area contributed by atoms with Crippen molar-refractivity contribution in [3.8, 4) is 12.1 Å². The van der Waals surface area contributed by atoms with E-state index in [0.717, 1.165) is 22.4 Å². The number of rotatable bonds is 3. The van der Waals surface area contributed by atoms with E-state index in [1.165, 1.54) is 0 Å². The van der Waals surface area contributed by atoms with E-state index in [9.17, 15) is 0 Å². The van der Waals surface area contributed by atoms with Crippen LogP contribution in [0.25, 0.3) is 11.0 Å². The first-order valence-corrected chi connectivity index (χ1v) is 6.48. The molecule has 0 fully saturated rings. The van der Waals surface area contributed by atoms with Crippen LogP contribution in [-0.4, -0.2) is 14.5 Å². The minimum absolute atomic E-state index is 0.255. The predicted molar refractivity (Wildman–Crippen MR) is 77.1 cm³/mol. The van der Waals surface area contributed by atoms with Crippen LogP contribution in [-0.2, 0) is 13.0 Å². The van der Waals surface area contributed by atoms with Crippen molar-refractivity contribution in [2.75, 3.05) is 0 Å². The average molecular weight is 273 g/mol. The second kappa shape index (κ2) is 5.44. The molecule has 2 aromatic heterocycles. The highest BCUT2D eigenvalue weighted by molar-refractivity contribution is 5.76. The van der Waals surface area contributed by atoms with Crippen molar-refractivity contribution in [3.63, 3.8) is 0 Å². The van der Waals surface area contributed by atoms with Gasteiger partial charge < -0.3 is 4.57 Å². The average Bonchev–Trinajstić information content (AvgIpc) is 2.86. The number of aromatic nitrogens is 3. The molecule has 0 aliphatic heterocycles. The Balaban J connectivity index is 2.08. The summed E-state index contributed by atoms with van der Waals surface area (Å²) < 4.78 is 2.01. The fourth-order valence-electron chi connectivity index (χ4n) is 2.32. The van der Waals surface area contributed by atoms with E-state index in [2.05, 4.69) is 16.0 Å². The third-order valence-electron chi connectivity index (χ3n) is 3.25. The van der Waals surface area contributed by atoms with Gasteiger partial charge >= 0.3 is 0 Å². The maximum absolute atomic E-state index is 8.96. The Bertz CT molecular complexity index is 880. The summed E-state index contributed by atoms with van der Waals surface area (Å²) in [7, 11) is 0. The minimum atomic E-state index is 0.255. The maximum atomic E-state index is 8.96. The number of benzene rings is 1. The molecule has 3 aromatic rings. The normalized spacial score (nSPS) is 10.2. The summed E-state index contributed by atoms with van der Waals surface area (Å²) in [6, 6.07) is 15.6. The summed E-state index contributed by atoms with van der Waals surface area (Å²) in [6.45, 7) is 0.564. The second-order valence-electron chi connectivity index (χ2n) is 4.60. The van der Waals surface area contributed by atoms with E-state index in [1.54, 1.807) is 12.3 Å². The lowest BCUT2D eigenvalue weighted by Crippen LogP contribution is -2.05. The van der Waals surface area contributed by atoms with Gasteiger partial charge in [-0.3, -0.25) is 0 Å². The van der Waals surface area contributed by atoms with Gasteiger partial charge in [0.1, 0.15) is 17.6 Å². The van der Waals surface area contributed by atoms with Crippen LogP contribution >= 0.6 is 0 Å². The van der Waals surface area contributed by atoms with Crippen molar-refractivity contribution in [1.82, 2.24) is 14.5 Å². The van der Waals surface area contributed by atoms with Crippen molar-refractivity contribution in [1.29, 1.82) is 10.5 Å². The topological polar surface area (TPSA) is 78.3 Å². The molecule has 0 radical (unpaired) electrons. The van der Waals surface area contributed by atoms with Gasteiger partial charge in [0.2, 0.25) is 0 Å². The lowest BCUT2D eigenvalue weighted by atomic mass is 10.2. The third kappa shape index (κ3) is 2.45. The zero-order valence-electron chi connectivity index (χ0n) is 11.2. The number of hydrogen-bond donors (Lipinski definition) is 0. The van der Waals surface area contributed by atoms with Crippen molar-refractivity contribution in [3.05, 3.63) is 59.7 Å². The molecule has 1 aromatic carbocycles. The highest BCUT2D eigenvalue weighted by Crippen LogP contribution is 2.18. The van der Waals surface area contributed by atoms with Gasteiger partial charge in [-0.2, -0.15) is 10.5 Å². The molecular formula is C16H11N5. The van der Waals surface area contributed by atoms with Crippen molar-refractivity contribution < 1.29 is 0 Å². The molecule has 100 valence electrons. The van der Waals surface area contributed by atoms with Crippen LogP contribution in [0.2, 0.25) is 0 Å². The molecule has 0 spiro atoms. The van der Waals surface area contributed by atoms with Crippen molar-refractivity contribution in [2.24, 2.45) is 0 Å². The number of hydrogen-bond acceptors (Lipinski definition) is 4. The summed E-state index contributed by atoms with van der Waals surface area (Å²) in [6.07, 6.45) is 1.88. The number of fused-ring (bicyclic) bond motifs is 1. The fourth-order valence-corrected chi connectivity index (χ4v) is 2.32. The monoisotopic (exact) mass is 273 g/mol. The van der Waals surface area contributed by atoms with Crippen LogP contribution in [0.3, 0.4) is 0 Å². The van der Waals surface area contributed by atoms with Gasteiger partial charge in [-0.25, -0.2) is 9.97 Å². The standard InChI is InChI=1S/C16H11N5/c17-7-5-16-20-14-3-1-2-4-15(14)21(16)11-12-6-8-19-13(9-12)10-18/h1-4,6,8-9H,5,11H2. The number of imidazole rings is 1. The van der Waals surface area contributed by atoms with E-state index in [1.807, 2.05) is 41.0 Å². The molecule has 0 saturated carbocycles. The lowest BCUT2D eigenvalue weighted by molar-refractivity contribution is 0.768. The molecule has 3 rings (SSSR count). The molecule has 0 atom stereocenters. The first kappa shape index (κ1) is 12.8. The molecule has 0 amide bonds. The van der Waals surface area contributed by atoms with Gasteiger partial charge in [-0.1, -0.05) is 12.1 Å². The molecule has 0 bridgehead atoms. The maximum Gasteiger partial charge on any atom is 0.140 e.